The zero-order valence-electron chi connectivity index (χ0n) is 10.5. The van der Waals surface area contributed by atoms with Gasteiger partial charge in [0, 0.05) is 23.8 Å². The fourth-order valence-electron chi connectivity index (χ4n) is 2.11. The van der Waals surface area contributed by atoms with Crippen LogP contribution in [0.5, 0.6) is 0 Å². The van der Waals surface area contributed by atoms with Crippen molar-refractivity contribution >= 4 is 17.2 Å². The summed E-state index contributed by atoms with van der Waals surface area (Å²) in [6.07, 6.45) is 3.15. The van der Waals surface area contributed by atoms with Crippen molar-refractivity contribution in [2.75, 3.05) is 0 Å². The van der Waals surface area contributed by atoms with E-state index in [1.807, 2.05) is 28.8 Å². The Morgan fingerprint density at radius 1 is 1.30 bits per heavy atom. The minimum atomic E-state index is -0.780. The van der Waals surface area contributed by atoms with Crippen LogP contribution in [0.3, 0.4) is 0 Å². The van der Waals surface area contributed by atoms with Gasteiger partial charge in [0.15, 0.2) is 0 Å². The predicted molar refractivity (Wildman–Crippen MR) is 75.3 cm³/mol. The second kappa shape index (κ2) is 5.23. The molecule has 0 aliphatic rings. The second-order valence-electron chi connectivity index (χ2n) is 4.59. The number of hydrogen-bond acceptors (Lipinski definition) is 2. The predicted octanol–water partition coefficient (Wildman–Crippen LogP) is 3.40. The quantitative estimate of drug-likeness (QED) is 0.803. The van der Waals surface area contributed by atoms with E-state index in [1.54, 1.807) is 12.3 Å². The van der Waals surface area contributed by atoms with Crippen molar-refractivity contribution in [2.45, 2.75) is 12.5 Å². The van der Waals surface area contributed by atoms with Crippen molar-refractivity contribution in [2.24, 2.45) is 0 Å². The third kappa shape index (κ3) is 2.53. The smallest absolute Gasteiger partial charge is 0.137 e. The number of nitrogens with zero attached hydrogens (tertiary/aromatic N) is 2. The molecule has 20 heavy (non-hydrogen) atoms. The Morgan fingerprint density at radius 3 is 2.90 bits per heavy atom. The van der Waals surface area contributed by atoms with Crippen molar-refractivity contribution < 1.29 is 9.50 Å². The molecule has 0 radical (unpaired) electrons. The molecule has 2 heterocycles. The number of aliphatic hydroxyl groups excluding tert-OH is 1. The van der Waals surface area contributed by atoms with Gasteiger partial charge in [0.1, 0.15) is 17.6 Å². The first-order chi connectivity index (χ1) is 9.63. The molecule has 0 aliphatic heterocycles. The third-order valence-electron chi connectivity index (χ3n) is 3.15. The minimum absolute atomic E-state index is 0.295. The molecular formula is C15H12ClFN2O. The first-order valence-electron chi connectivity index (χ1n) is 6.19. The SMILES string of the molecule is OC(Cc1ccc(F)cc1Cl)c1cn2ccccc2n1. The summed E-state index contributed by atoms with van der Waals surface area (Å²) < 4.78 is 14.8. The van der Waals surface area contributed by atoms with Crippen LogP contribution in [-0.2, 0) is 6.42 Å². The Balaban J connectivity index is 1.86. The van der Waals surface area contributed by atoms with E-state index in [4.69, 9.17) is 11.6 Å². The van der Waals surface area contributed by atoms with Gasteiger partial charge in [0.2, 0.25) is 0 Å². The Kier molecular flexibility index (Phi) is 3.42. The summed E-state index contributed by atoms with van der Waals surface area (Å²) in [6, 6.07) is 9.79. The van der Waals surface area contributed by atoms with Crippen molar-refractivity contribution in [3.63, 3.8) is 0 Å². The molecule has 3 nitrogen and oxygen atoms in total. The van der Waals surface area contributed by atoms with Gasteiger partial charge in [-0.1, -0.05) is 23.7 Å². The van der Waals surface area contributed by atoms with Crippen LogP contribution in [0.1, 0.15) is 17.4 Å². The van der Waals surface area contributed by atoms with Crippen LogP contribution in [0.15, 0.2) is 48.8 Å². The highest BCUT2D eigenvalue weighted by Gasteiger charge is 2.14. The van der Waals surface area contributed by atoms with Gasteiger partial charge >= 0.3 is 0 Å². The molecule has 0 aliphatic carbocycles. The van der Waals surface area contributed by atoms with Crippen LogP contribution >= 0.6 is 11.6 Å². The van der Waals surface area contributed by atoms with E-state index >= 15 is 0 Å². The number of benzene rings is 1. The Morgan fingerprint density at radius 2 is 2.15 bits per heavy atom. The number of pyridine rings is 1. The first-order valence-corrected chi connectivity index (χ1v) is 6.57. The van der Waals surface area contributed by atoms with Gasteiger partial charge in [0.05, 0.1) is 5.69 Å². The molecule has 1 atom stereocenters. The molecule has 0 bridgehead atoms. The molecular weight excluding hydrogens is 279 g/mol. The van der Waals surface area contributed by atoms with Gasteiger partial charge in [-0.3, -0.25) is 0 Å². The van der Waals surface area contributed by atoms with Crippen molar-refractivity contribution in [3.8, 4) is 0 Å². The summed E-state index contributed by atoms with van der Waals surface area (Å²) in [5.74, 6) is -0.388. The number of aliphatic hydroxyl groups is 1. The topological polar surface area (TPSA) is 37.5 Å². The number of fused-ring (bicyclic) bond motifs is 1. The molecule has 3 rings (SSSR count). The van der Waals surface area contributed by atoms with Crippen LogP contribution in [0.25, 0.3) is 5.65 Å². The zero-order valence-corrected chi connectivity index (χ0v) is 11.3. The number of aromatic nitrogens is 2. The molecule has 0 saturated carbocycles. The van der Waals surface area contributed by atoms with Gasteiger partial charge in [0.25, 0.3) is 0 Å². The third-order valence-corrected chi connectivity index (χ3v) is 3.50. The second-order valence-corrected chi connectivity index (χ2v) is 4.99. The number of hydrogen-bond donors (Lipinski definition) is 1. The van der Waals surface area contributed by atoms with Crippen LogP contribution in [0.4, 0.5) is 4.39 Å². The van der Waals surface area contributed by atoms with E-state index in [-0.39, 0.29) is 5.82 Å². The lowest BCUT2D eigenvalue weighted by Gasteiger charge is -2.09. The maximum Gasteiger partial charge on any atom is 0.137 e. The van der Waals surface area contributed by atoms with Crippen LogP contribution in [-0.4, -0.2) is 14.5 Å². The first kappa shape index (κ1) is 13.1. The molecule has 1 N–H and O–H groups in total. The lowest BCUT2D eigenvalue weighted by molar-refractivity contribution is 0.174. The van der Waals surface area contributed by atoms with E-state index in [2.05, 4.69) is 4.98 Å². The summed E-state index contributed by atoms with van der Waals surface area (Å²) in [6.45, 7) is 0. The largest absolute Gasteiger partial charge is 0.386 e. The lowest BCUT2D eigenvalue weighted by Crippen LogP contribution is -2.03. The fraction of sp³-hybridized carbons (Fsp3) is 0.133. The van der Waals surface area contributed by atoms with Crippen LogP contribution in [0.2, 0.25) is 5.02 Å². The molecule has 3 aromatic rings. The van der Waals surface area contributed by atoms with E-state index in [0.29, 0.717) is 22.7 Å². The molecule has 1 aromatic carbocycles. The highest BCUT2D eigenvalue weighted by molar-refractivity contribution is 6.31. The molecule has 0 amide bonds. The van der Waals surface area contributed by atoms with Crippen molar-refractivity contribution in [3.05, 3.63) is 70.9 Å². The lowest BCUT2D eigenvalue weighted by atomic mass is 10.1. The maximum absolute atomic E-state index is 13.0. The summed E-state index contributed by atoms with van der Waals surface area (Å²) in [5, 5.41) is 10.6. The number of imidazole rings is 1. The zero-order chi connectivity index (χ0) is 14.1. The van der Waals surface area contributed by atoms with Gasteiger partial charge in [-0.05, 0) is 29.8 Å². The fourth-order valence-corrected chi connectivity index (χ4v) is 2.36. The van der Waals surface area contributed by atoms with Crippen molar-refractivity contribution in [1.29, 1.82) is 0 Å². The van der Waals surface area contributed by atoms with Gasteiger partial charge < -0.3 is 9.51 Å². The average Bonchev–Trinajstić information content (AvgIpc) is 2.86. The minimum Gasteiger partial charge on any atom is -0.386 e. The molecule has 1 unspecified atom stereocenters. The summed E-state index contributed by atoms with van der Waals surface area (Å²) in [4.78, 5) is 4.35. The monoisotopic (exact) mass is 290 g/mol. The summed E-state index contributed by atoms with van der Waals surface area (Å²) >= 11 is 5.96. The maximum atomic E-state index is 13.0. The summed E-state index contributed by atoms with van der Waals surface area (Å²) in [5.41, 5.74) is 2.03. The highest BCUT2D eigenvalue weighted by Crippen LogP contribution is 2.24. The van der Waals surface area contributed by atoms with Crippen molar-refractivity contribution in [1.82, 2.24) is 9.38 Å². The van der Waals surface area contributed by atoms with E-state index in [0.717, 1.165) is 5.65 Å². The molecule has 0 spiro atoms. The highest BCUT2D eigenvalue weighted by atomic mass is 35.5. The van der Waals surface area contributed by atoms with E-state index in [1.165, 1.54) is 12.1 Å². The Hall–Kier alpha value is -1.91. The van der Waals surface area contributed by atoms with E-state index < -0.39 is 6.10 Å². The van der Waals surface area contributed by atoms with Gasteiger partial charge in [-0.25, -0.2) is 9.37 Å². The Bertz CT molecular complexity index is 723. The van der Waals surface area contributed by atoms with E-state index in [9.17, 15) is 9.50 Å². The average molecular weight is 291 g/mol. The normalized spacial score (nSPS) is 12.8. The van der Waals surface area contributed by atoms with Crippen LogP contribution in [0, 0.1) is 5.82 Å². The van der Waals surface area contributed by atoms with Crippen LogP contribution < -0.4 is 0 Å². The molecule has 0 fully saturated rings. The molecule has 0 saturated heterocycles. The molecule has 5 heteroatoms. The summed E-state index contributed by atoms with van der Waals surface area (Å²) in [7, 11) is 0. The Labute approximate surface area is 120 Å². The molecule has 2 aromatic heterocycles. The number of halogens is 2. The molecule has 102 valence electrons. The number of rotatable bonds is 3. The van der Waals surface area contributed by atoms with Gasteiger partial charge in [-0.2, -0.15) is 0 Å². The van der Waals surface area contributed by atoms with Gasteiger partial charge in [-0.15, -0.1) is 0 Å². The standard InChI is InChI=1S/C15H12ClFN2O/c16-12-8-11(17)5-4-10(12)7-14(20)13-9-19-6-2-1-3-15(19)18-13/h1-6,8-9,14,20H,7H2.